The van der Waals surface area contributed by atoms with Gasteiger partial charge in [-0.3, -0.25) is 5.32 Å². The fourth-order valence-corrected chi connectivity index (χ4v) is 4.17. The minimum atomic E-state index is -4.46. The topological polar surface area (TPSA) is 50.8 Å². The molecule has 5 rings (SSSR count). The monoisotopic (exact) mass is 440 g/mol. The smallest absolute Gasteiger partial charge is 0.416 e. The number of carbonyl (C=O) groups excluding carboxylic acids is 1. The summed E-state index contributed by atoms with van der Waals surface area (Å²) in [5, 5.41) is 2.70. The number of para-hydroxylation sites is 2. The second-order valence-corrected chi connectivity index (χ2v) is 7.65. The van der Waals surface area contributed by atoms with Crippen LogP contribution >= 0.6 is 0 Å². The van der Waals surface area contributed by atoms with Crippen molar-refractivity contribution in [3.8, 4) is 5.75 Å². The van der Waals surface area contributed by atoms with Crippen molar-refractivity contribution in [3.05, 3.63) is 83.4 Å². The van der Waals surface area contributed by atoms with Crippen LogP contribution in [-0.2, 0) is 17.5 Å². The maximum absolute atomic E-state index is 13.3. The van der Waals surface area contributed by atoms with Crippen LogP contribution in [0.3, 0.4) is 0 Å². The van der Waals surface area contributed by atoms with Gasteiger partial charge in [0.05, 0.1) is 16.9 Å². The van der Waals surface area contributed by atoms with Crippen LogP contribution in [0.1, 0.15) is 29.2 Å². The Kier molecular flexibility index (Phi) is 4.92. The van der Waals surface area contributed by atoms with Crippen molar-refractivity contribution >= 4 is 23.2 Å². The minimum absolute atomic E-state index is 0.209. The number of ether oxygens (including phenoxy) is 2. The molecule has 0 bridgehead atoms. The van der Waals surface area contributed by atoms with Crippen molar-refractivity contribution in [2.24, 2.45) is 0 Å². The van der Waals surface area contributed by atoms with Crippen molar-refractivity contribution in [1.82, 2.24) is 0 Å². The number of anilines is 3. The number of rotatable bonds is 2. The summed E-state index contributed by atoms with van der Waals surface area (Å²) in [4.78, 5) is 14.3. The molecule has 1 amide bonds. The molecule has 164 valence electrons. The van der Waals surface area contributed by atoms with Crippen LogP contribution in [0.5, 0.6) is 5.75 Å². The van der Waals surface area contributed by atoms with Gasteiger partial charge in [0.15, 0.2) is 0 Å². The van der Waals surface area contributed by atoms with Gasteiger partial charge < -0.3 is 14.4 Å². The minimum Gasteiger partial charge on any atom is -0.487 e. The lowest BCUT2D eigenvalue weighted by atomic mass is 9.94. The van der Waals surface area contributed by atoms with Gasteiger partial charge in [-0.2, -0.15) is 13.2 Å². The molecule has 2 aliphatic heterocycles. The van der Waals surface area contributed by atoms with Crippen molar-refractivity contribution in [2.45, 2.75) is 25.3 Å². The van der Waals surface area contributed by atoms with E-state index < -0.39 is 23.9 Å². The van der Waals surface area contributed by atoms with Gasteiger partial charge in [-0.25, -0.2) is 4.79 Å². The number of fused-ring (bicyclic) bond motifs is 2. The van der Waals surface area contributed by atoms with E-state index in [2.05, 4.69) is 5.32 Å². The molecule has 1 N–H and O–H groups in total. The highest BCUT2D eigenvalue weighted by Crippen LogP contribution is 2.48. The first-order valence-corrected chi connectivity index (χ1v) is 10.2. The summed E-state index contributed by atoms with van der Waals surface area (Å²) in [6.07, 6.45) is -5.15. The Morgan fingerprint density at radius 1 is 1.06 bits per heavy atom. The van der Waals surface area contributed by atoms with Gasteiger partial charge in [-0.1, -0.05) is 36.4 Å². The van der Waals surface area contributed by atoms with Gasteiger partial charge in [-0.15, -0.1) is 0 Å². The Hall–Kier alpha value is -3.68. The van der Waals surface area contributed by atoms with Gasteiger partial charge in [0, 0.05) is 29.8 Å². The first-order chi connectivity index (χ1) is 15.4. The lowest BCUT2D eigenvalue weighted by molar-refractivity contribution is -0.137. The van der Waals surface area contributed by atoms with Crippen molar-refractivity contribution < 1.29 is 27.4 Å². The lowest BCUT2D eigenvalue weighted by Gasteiger charge is -2.36. The average Bonchev–Trinajstić information content (AvgIpc) is 2.93. The predicted octanol–water partition coefficient (Wildman–Crippen LogP) is 6.43. The van der Waals surface area contributed by atoms with Crippen LogP contribution in [0.25, 0.3) is 0 Å². The molecule has 0 aromatic heterocycles. The number of hydrogen-bond acceptors (Lipinski definition) is 4. The van der Waals surface area contributed by atoms with Crippen LogP contribution in [-0.4, -0.2) is 12.6 Å². The molecule has 0 spiro atoms. The normalized spacial score (nSPS) is 16.8. The molecule has 8 heteroatoms. The van der Waals surface area contributed by atoms with E-state index in [1.54, 1.807) is 24.3 Å². The third-order valence-corrected chi connectivity index (χ3v) is 5.61. The molecule has 1 atom stereocenters. The summed E-state index contributed by atoms with van der Waals surface area (Å²) in [6, 6.07) is 18.0. The molecule has 0 saturated carbocycles. The Morgan fingerprint density at radius 3 is 2.66 bits per heavy atom. The molecule has 3 aromatic carbocycles. The maximum atomic E-state index is 13.3. The third kappa shape index (κ3) is 3.72. The first kappa shape index (κ1) is 20.2. The second-order valence-electron chi connectivity index (χ2n) is 7.65. The van der Waals surface area contributed by atoms with Crippen LogP contribution in [0, 0.1) is 0 Å². The van der Waals surface area contributed by atoms with Crippen molar-refractivity contribution in [2.75, 3.05) is 16.8 Å². The zero-order chi connectivity index (χ0) is 22.3. The van der Waals surface area contributed by atoms with E-state index in [-0.39, 0.29) is 6.61 Å². The summed E-state index contributed by atoms with van der Waals surface area (Å²) in [6.45, 7) is 0.589. The van der Waals surface area contributed by atoms with Crippen LogP contribution in [0.15, 0.2) is 66.7 Å². The Morgan fingerprint density at radius 2 is 1.88 bits per heavy atom. The van der Waals surface area contributed by atoms with E-state index >= 15 is 0 Å². The number of amides is 1. The fourth-order valence-electron chi connectivity index (χ4n) is 4.17. The van der Waals surface area contributed by atoms with Crippen LogP contribution < -0.4 is 15.0 Å². The number of nitrogens with zero attached hydrogens (tertiary/aromatic N) is 1. The van der Waals surface area contributed by atoms with E-state index in [1.165, 1.54) is 6.07 Å². The molecule has 1 unspecified atom stereocenters. The van der Waals surface area contributed by atoms with E-state index in [1.807, 2.05) is 29.2 Å². The molecule has 2 aliphatic rings. The fraction of sp³-hybridized carbons (Fsp3) is 0.208. The molecule has 2 heterocycles. The molecular formula is C24H19F3N2O3. The number of hydrogen-bond donors (Lipinski definition) is 1. The summed E-state index contributed by atoms with van der Waals surface area (Å²) in [7, 11) is 0. The van der Waals surface area contributed by atoms with Gasteiger partial charge in [0.25, 0.3) is 0 Å². The maximum Gasteiger partial charge on any atom is 0.416 e. The molecule has 0 radical (unpaired) electrons. The van der Waals surface area contributed by atoms with E-state index in [4.69, 9.17) is 9.47 Å². The Balaban J connectivity index is 1.48. The molecule has 0 fully saturated rings. The molecule has 0 saturated heterocycles. The average molecular weight is 440 g/mol. The third-order valence-electron chi connectivity index (χ3n) is 5.61. The quantitative estimate of drug-likeness (QED) is 0.499. The highest BCUT2D eigenvalue weighted by atomic mass is 19.4. The highest BCUT2D eigenvalue weighted by Gasteiger charge is 2.36. The Bertz CT molecular complexity index is 1160. The van der Waals surface area contributed by atoms with Gasteiger partial charge >= 0.3 is 12.3 Å². The summed E-state index contributed by atoms with van der Waals surface area (Å²) < 4.78 is 51.5. The zero-order valence-electron chi connectivity index (χ0n) is 16.9. The van der Waals surface area contributed by atoms with Crippen molar-refractivity contribution in [1.29, 1.82) is 0 Å². The van der Waals surface area contributed by atoms with Gasteiger partial charge in [0.2, 0.25) is 0 Å². The molecule has 3 aromatic rings. The predicted molar refractivity (Wildman–Crippen MR) is 113 cm³/mol. The molecule has 0 aliphatic carbocycles. The van der Waals surface area contributed by atoms with Gasteiger partial charge in [0.1, 0.15) is 18.5 Å². The molecular weight excluding hydrogens is 421 g/mol. The zero-order valence-corrected chi connectivity index (χ0v) is 16.9. The van der Waals surface area contributed by atoms with E-state index in [0.29, 0.717) is 30.1 Å². The number of halogens is 3. The highest BCUT2D eigenvalue weighted by molar-refractivity contribution is 5.85. The van der Waals surface area contributed by atoms with Crippen LogP contribution in [0.4, 0.5) is 35.0 Å². The number of alkyl halides is 3. The summed E-state index contributed by atoms with van der Waals surface area (Å²) in [5.74, 6) is 0.390. The lowest BCUT2D eigenvalue weighted by Crippen LogP contribution is -2.30. The second kappa shape index (κ2) is 7.78. The molecule has 32 heavy (non-hydrogen) atoms. The summed E-state index contributed by atoms with van der Waals surface area (Å²) >= 11 is 0. The number of benzene rings is 3. The van der Waals surface area contributed by atoms with Gasteiger partial charge in [-0.05, 0) is 30.3 Å². The Labute approximate surface area is 182 Å². The molecule has 5 nitrogen and oxygen atoms in total. The summed E-state index contributed by atoms with van der Waals surface area (Å²) in [5.41, 5.74) is 2.53. The SMILES string of the molecule is O=C(Nc1ccccc1)OC1CCN2c3cc(C(F)(F)F)ccc3OCc3cccc1c32. The van der Waals surface area contributed by atoms with E-state index in [0.717, 1.165) is 28.9 Å². The number of carbonyl (C=O) groups is 1. The standard InChI is InChI=1S/C24H19F3N2O3/c25-24(26,27)16-9-10-21-19(13-16)29-12-11-20(18-8-4-5-15(14-31-21)22(18)29)32-23(30)28-17-6-2-1-3-7-17/h1-10,13,20H,11-12,14H2,(H,28,30). The van der Waals surface area contributed by atoms with E-state index in [9.17, 15) is 18.0 Å². The largest absolute Gasteiger partial charge is 0.487 e. The van der Waals surface area contributed by atoms with Crippen molar-refractivity contribution in [3.63, 3.8) is 0 Å². The van der Waals surface area contributed by atoms with Crippen LogP contribution in [0.2, 0.25) is 0 Å². The first-order valence-electron chi connectivity index (χ1n) is 10.2. The number of nitrogens with one attached hydrogen (secondary N) is 1.